The molecule has 0 aliphatic heterocycles. The molecule has 4 heterocycles. The van der Waals surface area contributed by atoms with Gasteiger partial charge in [0.05, 0.1) is 31.7 Å². The van der Waals surface area contributed by atoms with Crippen LogP contribution in [0.15, 0.2) is 72.8 Å². The molecular formula is C36H43N5O8Si. The van der Waals surface area contributed by atoms with Crippen LogP contribution in [0.4, 0.5) is 0 Å². The molecular weight excluding hydrogens is 659 g/mol. The summed E-state index contributed by atoms with van der Waals surface area (Å²) in [5.74, 6) is -2.30. The van der Waals surface area contributed by atoms with Gasteiger partial charge in [0, 0.05) is 22.8 Å². The van der Waals surface area contributed by atoms with Gasteiger partial charge in [0.15, 0.2) is 26.8 Å². The Labute approximate surface area is 293 Å². The van der Waals surface area contributed by atoms with Crippen LogP contribution in [0.1, 0.15) is 67.3 Å². The molecule has 0 saturated heterocycles. The van der Waals surface area contributed by atoms with Gasteiger partial charge in [-0.1, -0.05) is 24.3 Å². The quantitative estimate of drug-likeness (QED) is 0.0814. The molecule has 0 radical (unpaired) electrons. The first-order chi connectivity index (χ1) is 23.5. The summed E-state index contributed by atoms with van der Waals surface area (Å²) in [6.07, 6.45) is -1.08. The van der Waals surface area contributed by atoms with Crippen LogP contribution in [0, 0.1) is 39.0 Å². The first kappa shape index (κ1) is 42.5. The normalized spacial score (nSPS) is 11.2. The van der Waals surface area contributed by atoms with Crippen LogP contribution in [0.2, 0.25) is 19.6 Å². The van der Waals surface area contributed by atoms with Gasteiger partial charge in [-0.15, -0.1) is 0 Å². The Hall–Kier alpha value is -5.49. The van der Waals surface area contributed by atoms with Gasteiger partial charge in [-0.05, 0) is 95.9 Å². The fourth-order valence-corrected chi connectivity index (χ4v) is 4.54. The summed E-state index contributed by atoms with van der Waals surface area (Å²) in [5.41, 5.74) is 4.86. The molecule has 4 rings (SSSR count). The third kappa shape index (κ3) is 16.1. The Morgan fingerprint density at radius 2 is 1.22 bits per heavy atom. The number of methoxy groups -OCH3 is 2. The number of aliphatic hydroxyl groups excluding tert-OH is 1. The molecule has 0 amide bonds. The van der Waals surface area contributed by atoms with Crippen molar-refractivity contribution in [2.24, 2.45) is 0 Å². The number of rotatable bonds is 8. The van der Waals surface area contributed by atoms with Crippen LogP contribution in [-0.4, -0.2) is 71.6 Å². The molecule has 1 N–H and O–H groups in total. The van der Waals surface area contributed by atoms with Crippen molar-refractivity contribution in [3.05, 3.63) is 118 Å². The number of nitriles is 1. The van der Waals surface area contributed by atoms with E-state index in [1.54, 1.807) is 50.2 Å². The Morgan fingerprint density at radius 1 is 0.740 bits per heavy atom. The molecule has 0 aliphatic rings. The molecule has 4 aromatic heterocycles. The Morgan fingerprint density at radius 3 is 1.64 bits per heavy atom. The van der Waals surface area contributed by atoms with Crippen molar-refractivity contribution in [2.45, 2.75) is 59.5 Å². The molecule has 0 fully saturated rings. The van der Waals surface area contributed by atoms with Crippen molar-refractivity contribution < 1.29 is 38.2 Å². The molecule has 0 saturated carbocycles. The number of aromatic nitrogens is 4. The van der Waals surface area contributed by atoms with E-state index in [1.807, 2.05) is 44.2 Å². The number of aryl methyl sites for hydroxylation is 4. The summed E-state index contributed by atoms with van der Waals surface area (Å²) >= 11 is 0. The molecule has 0 aliphatic carbocycles. The number of aldehydes is 1. The number of hydrogen-bond donors (Lipinski definition) is 1. The van der Waals surface area contributed by atoms with Crippen LogP contribution < -0.4 is 0 Å². The lowest BCUT2D eigenvalue weighted by molar-refractivity contribution is -0.151. The summed E-state index contributed by atoms with van der Waals surface area (Å²) in [7, 11) is 0.682. The predicted octanol–water partition coefficient (Wildman–Crippen LogP) is 5.35. The van der Waals surface area contributed by atoms with Gasteiger partial charge in [0.2, 0.25) is 0 Å². The number of Topliss-reactive ketones (excluding diaryl/α,β-unsaturated/α-hetero) is 1. The van der Waals surface area contributed by atoms with Gasteiger partial charge in [-0.2, -0.15) is 5.26 Å². The molecule has 0 spiro atoms. The van der Waals surface area contributed by atoms with Crippen molar-refractivity contribution >= 4 is 32.3 Å². The van der Waals surface area contributed by atoms with Gasteiger partial charge in [0.25, 0.3) is 5.78 Å². The number of pyridine rings is 4. The number of hydrogen-bond acceptors (Lipinski definition) is 13. The minimum atomic E-state index is -1.70. The number of carbonyl (C=O) groups is 4. The van der Waals surface area contributed by atoms with E-state index in [0.29, 0.717) is 22.8 Å². The van der Waals surface area contributed by atoms with E-state index >= 15 is 0 Å². The van der Waals surface area contributed by atoms with E-state index < -0.39 is 38.2 Å². The summed E-state index contributed by atoms with van der Waals surface area (Å²) in [6.45, 7) is 13.5. The standard InChI is InChI=1S/C11H16N2OSi.C9H11NO3.C9H9NO3.C7H7NO/c1-9-6-5-7-10(13-9)11(8-12)14-15(2,3)4;2*1-6-4-3-5-7(10-6)8(11)9(12)13-2;1-6-3-2-4-7(5-9)8-6/h5-7,11H,1-4H3;3-5,8,11H,1-2H3;3-5H,1-2H3;2-5H,1H3. The van der Waals surface area contributed by atoms with Crippen molar-refractivity contribution in [1.82, 2.24) is 19.9 Å². The van der Waals surface area contributed by atoms with Crippen LogP contribution in [0.3, 0.4) is 0 Å². The highest BCUT2D eigenvalue weighted by Crippen LogP contribution is 2.20. The van der Waals surface area contributed by atoms with Gasteiger partial charge in [-0.3, -0.25) is 24.5 Å². The first-order valence-electron chi connectivity index (χ1n) is 15.2. The van der Waals surface area contributed by atoms with Crippen LogP contribution in [-0.2, 0) is 23.5 Å². The minimum Gasteiger partial charge on any atom is -0.467 e. The van der Waals surface area contributed by atoms with E-state index in [1.165, 1.54) is 13.2 Å². The summed E-state index contributed by atoms with van der Waals surface area (Å²) in [4.78, 5) is 59.1. The Kier molecular flexibility index (Phi) is 18.3. The third-order valence-electron chi connectivity index (χ3n) is 5.90. The SMILES string of the molecule is COC(=O)C(=O)c1cccc(C)n1.COC(=O)C(O)c1cccc(C)n1.Cc1cccc(C(C#N)O[Si](C)(C)C)n1.Cc1cccc(C=O)n1. The lowest BCUT2D eigenvalue weighted by Crippen LogP contribution is -2.27. The smallest absolute Gasteiger partial charge is 0.381 e. The maximum Gasteiger partial charge on any atom is 0.381 e. The number of aliphatic hydroxyl groups is 1. The highest BCUT2D eigenvalue weighted by atomic mass is 28.4. The molecule has 50 heavy (non-hydrogen) atoms. The number of nitrogens with zero attached hydrogens (tertiary/aromatic N) is 5. The zero-order chi connectivity index (χ0) is 37.9. The fraction of sp³-hybridized carbons (Fsp3) is 0.306. The van der Waals surface area contributed by atoms with Gasteiger partial charge >= 0.3 is 11.9 Å². The Bertz CT molecular complexity index is 1770. The lowest BCUT2D eigenvalue weighted by atomic mass is 10.2. The maximum absolute atomic E-state index is 11.2. The molecule has 2 unspecified atom stereocenters. The van der Waals surface area contributed by atoms with Gasteiger partial charge in [-0.25, -0.2) is 14.6 Å². The first-order valence-corrected chi connectivity index (χ1v) is 18.6. The average molecular weight is 702 g/mol. The van der Waals surface area contributed by atoms with Crippen molar-refractivity contribution in [3.8, 4) is 6.07 Å². The topological polar surface area (TPSA) is 192 Å². The lowest BCUT2D eigenvalue weighted by Gasteiger charge is -2.21. The fourth-order valence-electron chi connectivity index (χ4n) is 3.66. The second-order valence-electron chi connectivity index (χ2n) is 11.4. The van der Waals surface area contributed by atoms with Crippen molar-refractivity contribution in [1.29, 1.82) is 5.26 Å². The van der Waals surface area contributed by atoms with E-state index in [4.69, 9.17) is 9.69 Å². The monoisotopic (exact) mass is 701 g/mol. The number of ether oxygens (including phenoxy) is 2. The second kappa shape index (κ2) is 21.5. The zero-order valence-corrected chi connectivity index (χ0v) is 30.7. The minimum absolute atomic E-state index is 0.117. The molecule has 14 heteroatoms. The summed E-state index contributed by atoms with van der Waals surface area (Å²) in [6, 6.07) is 23.1. The second-order valence-corrected chi connectivity index (χ2v) is 15.8. The van der Waals surface area contributed by atoms with E-state index in [2.05, 4.69) is 55.1 Å². The summed E-state index contributed by atoms with van der Waals surface area (Å²) < 4.78 is 14.4. The van der Waals surface area contributed by atoms with E-state index in [-0.39, 0.29) is 5.69 Å². The average Bonchev–Trinajstić information content (AvgIpc) is 3.09. The molecule has 4 aromatic rings. The number of esters is 2. The van der Waals surface area contributed by atoms with Crippen LogP contribution >= 0.6 is 0 Å². The number of ketones is 1. The maximum atomic E-state index is 11.2. The molecule has 13 nitrogen and oxygen atoms in total. The van der Waals surface area contributed by atoms with E-state index in [0.717, 1.165) is 30.5 Å². The van der Waals surface area contributed by atoms with Crippen molar-refractivity contribution in [2.75, 3.05) is 14.2 Å². The molecule has 2 atom stereocenters. The highest BCUT2D eigenvalue weighted by molar-refractivity contribution is 6.69. The largest absolute Gasteiger partial charge is 0.467 e. The number of carbonyl (C=O) groups excluding carboxylic acids is 4. The highest BCUT2D eigenvalue weighted by Gasteiger charge is 2.23. The third-order valence-corrected chi connectivity index (χ3v) is 6.85. The Balaban J connectivity index is 0.000000338. The van der Waals surface area contributed by atoms with Crippen LogP contribution in [0.25, 0.3) is 0 Å². The summed E-state index contributed by atoms with van der Waals surface area (Å²) in [5, 5.41) is 18.4. The van der Waals surface area contributed by atoms with Crippen molar-refractivity contribution in [3.63, 3.8) is 0 Å². The molecule has 0 bridgehead atoms. The van der Waals surface area contributed by atoms with Crippen LogP contribution in [0.5, 0.6) is 0 Å². The van der Waals surface area contributed by atoms with Gasteiger partial charge in [0.1, 0.15) is 11.4 Å². The molecule has 0 aromatic carbocycles. The van der Waals surface area contributed by atoms with E-state index in [9.17, 15) is 24.3 Å². The molecule has 264 valence electrons. The predicted molar refractivity (Wildman–Crippen MR) is 187 cm³/mol. The zero-order valence-electron chi connectivity index (χ0n) is 29.7. The van der Waals surface area contributed by atoms with Gasteiger partial charge < -0.3 is 19.0 Å².